The smallest absolute Gasteiger partial charge is 0.222 e. The first-order valence-electron chi connectivity index (χ1n) is 6.24. The molecule has 1 amide bonds. The molecule has 0 saturated carbocycles. The topological polar surface area (TPSA) is 59.5 Å². The van der Waals surface area contributed by atoms with E-state index in [0.29, 0.717) is 19.4 Å². The third-order valence-electron chi connectivity index (χ3n) is 3.00. The number of benzene rings is 1. The molecular formula is C15H18N2O2. The summed E-state index contributed by atoms with van der Waals surface area (Å²) in [5, 5.41) is 0. The molecule has 100 valence electrons. The molecule has 1 aromatic heterocycles. The van der Waals surface area contributed by atoms with Gasteiger partial charge in [0.1, 0.15) is 0 Å². The Hall–Kier alpha value is -2.23. The molecule has 0 fully saturated rings. The zero-order chi connectivity index (χ0) is 13.7. The van der Waals surface area contributed by atoms with Crippen molar-refractivity contribution in [3.8, 4) is 0 Å². The van der Waals surface area contributed by atoms with Gasteiger partial charge in [-0.1, -0.05) is 12.1 Å². The van der Waals surface area contributed by atoms with Crippen molar-refractivity contribution in [2.45, 2.75) is 19.4 Å². The summed E-state index contributed by atoms with van der Waals surface area (Å²) in [6, 6.07) is 9.51. The van der Waals surface area contributed by atoms with Crippen molar-refractivity contribution in [3.63, 3.8) is 0 Å². The fourth-order valence-corrected chi connectivity index (χ4v) is 1.94. The van der Waals surface area contributed by atoms with E-state index >= 15 is 0 Å². The lowest BCUT2D eigenvalue weighted by Crippen LogP contribution is -2.26. The Bertz CT molecular complexity index is 535. The highest BCUT2D eigenvalue weighted by Crippen LogP contribution is 2.10. The van der Waals surface area contributed by atoms with Gasteiger partial charge < -0.3 is 15.1 Å². The predicted octanol–water partition coefficient (Wildman–Crippen LogP) is 2.45. The van der Waals surface area contributed by atoms with Crippen molar-refractivity contribution in [2.24, 2.45) is 0 Å². The number of anilines is 1. The average molecular weight is 258 g/mol. The molecule has 0 unspecified atom stereocenters. The molecule has 0 bridgehead atoms. The Kier molecular flexibility index (Phi) is 4.23. The van der Waals surface area contributed by atoms with Crippen LogP contribution in [0.15, 0.2) is 47.3 Å². The van der Waals surface area contributed by atoms with Crippen molar-refractivity contribution in [1.82, 2.24) is 4.90 Å². The third-order valence-corrected chi connectivity index (χ3v) is 3.00. The van der Waals surface area contributed by atoms with Crippen molar-refractivity contribution in [1.29, 1.82) is 0 Å². The molecule has 0 radical (unpaired) electrons. The van der Waals surface area contributed by atoms with E-state index in [1.807, 2.05) is 30.3 Å². The van der Waals surface area contributed by atoms with Gasteiger partial charge in [0.25, 0.3) is 0 Å². The van der Waals surface area contributed by atoms with E-state index in [1.165, 1.54) is 0 Å². The molecule has 2 aromatic rings. The number of amides is 1. The number of hydrogen-bond acceptors (Lipinski definition) is 3. The van der Waals surface area contributed by atoms with E-state index in [2.05, 4.69) is 0 Å². The number of nitrogens with zero attached hydrogens (tertiary/aromatic N) is 1. The van der Waals surface area contributed by atoms with E-state index in [-0.39, 0.29) is 5.91 Å². The second-order valence-electron chi connectivity index (χ2n) is 4.63. The molecule has 0 aliphatic heterocycles. The lowest BCUT2D eigenvalue weighted by atomic mass is 10.1. The van der Waals surface area contributed by atoms with Gasteiger partial charge in [-0.05, 0) is 30.2 Å². The summed E-state index contributed by atoms with van der Waals surface area (Å²) in [5.74, 6) is 0.114. The molecule has 0 atom stereocenters. The Morgan fingerprint density at radius 2 is 2.16 bits per heavy atom. The van der Waals surface area contributed by atoms with E-state index in [4.69, 9.17) is 10.2 Å². The van der Waals surface area contributed by atoms with Gasteiger partial charge in [-0.2, -0.15) is 0 Å². The number of rotatable bonds is 5. The van der Waals surface area contributed by atoms with Crippen LogP contribution < -0.4 is 5.73 Å². The fraction of sp³-hybridized carbons (Fsp3) is 0.267. The van der Waals surface area contributed by atoms with E-state index in [9.17, 15) is 4.79 Å². The standard InChI is InChI=1S/C15H18N2O2/c1-17(10-13-7-8-19-11-13)15(18)6-5-12-3-2-4-14(16)9-12/h2-4,7-9,11H,5-6,10,16H2,1H3. The van der Waals surface area contributed by atoms with Gasteiger partial charge in [-0.25, -0.2) is 0 Å². The summed E-state index contributed by atoms with van der Waals surface area (Å²) in [5.41, 5.74) is 8.53. The predicted molar refractivity (Wildman–Crippen MR) is 74.4 cm³/mol. The molecular weight excluding hydrogens is 240 g/mol. The fourth-order valence-electron chi connectivity index (χ4n) is 1.94. The van der Waals surface area contributed by atoms with Crippen molar-refractivity contribution in [2.75, 3.05) is 12.8 Å². The Morgan fingerprint density at radius 3 is 2.84 bits per heavy atom. The number of aryl methyl sites for hydroxylation is 1. The highest BCUT2D eigenvalue weighted by Gasteiger charge is 2.10. The third kappa shape index (κ3) is 3.88. The minimum absolute atomic E-state index is 0.114. The zero-order valence-corrected chi connectivity index (χ0v) is 11.0. The van der Waals surface area contributed by atoms with Crippen LogP contribution in [0.4, 0.5) is 5.69 Å². The Balaban J connectivity index is 1.84. The first-order chi connectivity index (χ1) is 9.15. The van der Waals surface area contributed by atoms with Crippen LogP contribution in [0.3, 0.4) is 0 Å². The molecule has 19 heavy (non-hydrogen) atoms. The molecule has 0 saturated heterocycles. The second kappa shape index (κ2) is 6.09. The minimum Gasteiger partial charge on any atom is -0.472 e. The van der Waals surface area contributed by atoms with Gasteiger partial charge in [0.2, 0.25) is 5.91 Å². The van der Waals surface area contributed by atoms with Crippen LogP contribution in [0.2, 0.25) is 0 Å². The van der Waals surface area contributed by atoms with Gasteiger partial charge in [-0.3, -0.25) is 4.79 Å². The summed E-state index contributed by atoms with van der Waals surface area (Å²) in [6.07, 6.45) is 4.46. The monoisotopic (exact) mass is 258 g/mol. The molecule has 0 aliphatic carbocycles. The zero-order valence-electron chi connectivity index (χ0n) is 11.0. The molecule has 2 N–H and O–H groups in total. The maximum Gasteiger partial charge on any atom is 0.222 e. The van der Waals surface area contributed by atoms with E-state index in [0.717, 1.165) is 16.8 Å². The summed E-state index contributed by atoms with van der Waals surface area (Å²) in [7, 11) is 1.80. The van der Waals surface area contributed by atoms with Crippen LogP contribution in [0.1, 0.15) is 17.5 Å². The molecule has 4 nitrogen and oxygen atoms in total. The number of carbonyl (C=O) groups excluding carboxylic acids is 1. The van der Waals surface area contributed by atoms with Crippen LogP contribution in [-0.4, -0.2) is 17.9 Å². The first kappa shape index (κ1) is 13.2. The normalized spacial score (nSPS) is 10.4. The molecule has 2 rings (SSSR count). The number of nitrogen functional groups attached to an aromatic ring is 1. The maximum atomic E-state index is 12.0. The average Bonchev–Trinajstić information content (AvgIpc) is 2.89. The Morgan fingerprint density at radius 1 is 1.32 bits per heavy atom. The Labute approximate surface area is 112 Å². The maximum absolute atomic E-state index is 12.0. The summed E-state index contributed by atoms with van der Waals surface area (Å²) >= 11 is 0. The SMILES string of the molecule is CN(Cc1ccoc1)C(=O)CCc1cccc(N)c1. The highest BCUT2D eigenvalue weighted by atomic mass is 16.3. The quantitative estimate of drug-likeness (QED) is 0.838. The second-order valence-corrected chi connectivity index (χ2v) is 4.63. The van der Waals surface area contributed by atoms with Crippen molar-refractivity contribution < 1.29 is 9.21 Å². The lowest BCUT2D eigenvalue weighted by molar-refractivity contribution is -0.130. The van der Waals surface area contributed by atoms with E-state index < -0.39 is 0 Å². The van der Waals surface area contributed by atoms with Crippen LogP contribution >= 0.6 is 0 Å². The van der Waals surface area contributed by atoms with Crippen molar-refractivity contribution >= 4 is 11.6 Å². The van der Waals surface area contributed by atoms with Crippen LogP contribution in [-0.2, 0) is 17.8 Å². The molecule has 0 aliphatic rings. The van der Waals surface area contributed by atoms with Crippen LogP contribution in [0.25, 0.3) is 0 Å². The minimum atomic E-state index is 0.114. The summed E-state index contributed by atoms with van der Waals surface area (Å²) in [4.78, 5) is 13.7. The number of furan rings is 1. The number of nitrogens with two attached hydrogens (primary N) is 1. The summed E-state index contributed by atoms with van der Waals surface area (Å²) in [6.45, 7) is 0.576. The largest absolute Gasteiger partial charge is 0.472 e. The van der Waals surface area contributed by atoms with Crippen molar-refractivity contribution in [3.05, 3.63) is 54.0 Å². The molecule has 0 spiro atoms. The summed E-state index contributed by atoms with van der Waals surface area (Å²) < 4.78 is 4.99. The van der Waals surface area contributed by atoms with Crippen LogP contribution in [0.5, 0.6) is 0 Å². The number of hydrogen-bond donors (Lipinski definition) is 1. The van der Waals surface area contributed by atoms with Gasteiger partial charge >= 0.3 is 0 Å². The van der Waals surface area contributed by atoms with Crippen LogP contribution in [0, 0.1) is 0 Å². The highest BCUT2D eigenvalue weighted by molar-refractivity contribution is 5.76. The molecule has 4 heteroatoms. The lowest BCUT2D eigenvalue weighted by Gasteiger charge is -2.16. The molecule has 1 aromatic carbocycles. The number of carbonyl (C=O) groups is 1. The van der Waals surface area contributed by atoms with Gasteiger partial charge in [-0.15, -0.1) is 0 Å². The van der Waals surface area contributed by atoms with E-state index in [1.54, 1.807) is 24.5 Å². The van der Waals surface area contributed by atoms with Gasteiger partial charge in [0.05, 0.1) is 12.5 Å². The first-order valence-corrected chi connectivity index (χ1v) is 6.24. The van der Waals surface area contributed by atoms with Gasteiger partial charge in [0.15, 0.2) is 0 Å². The molecule has 1 heterocycles. The van der Waals surface area contributed by atoms with Gasteiger partial charge in [0, 0.05) is 31.3 Å².